The minimum Gasteiger partial charge on any atom is -0.508 e. The van der Waals surface area contributed by atoms with Crippen LogP contribution in [0.5, 0.6) is 69.0 Å². The maximum atomic E-state index is 11.3. The molecule has 0 aliphatic carbocycles. The molecule has 0 bridgehead atoms. The highest BCUT2D eigenvalue weighted by Gasteiger charge is 2.28. The van der Waals surface area contributed by atoms with Gasteiger partial charge in [-0.1, -0.05) is 170 Å². The fourth-order valence-electron chi connectivity index (χ4n) is 8.35. The lowest BCUT2D eigenvalue weighted by Crippen LogP contribution is -2.17. The number of benzene rings is 6. The predicted molar refractivity (Wildman–Crippen MR) is 345 cm³/mol. The van der Waals surface area contributed by atoms with E-state index >= 15 is 0 Å². The fraction of sp³-hybridized carbons (Fsp3) is 0.479. The second-order valence-electron chi connectivity index (χ2n) is 28.3. The molecule has 0 saturated heterocycles. The molecule has 0 amide bonds. The first kappa shape index (κ1) is 75.4. The molecule has 0 aliphatic heterocycles. The molecule has 0 atom stereocenters. The normalized spacial score (nSPS) is 11.7. The molecule has 14 heteroatoms. The van der Waals surface area contributed by atoms with E-state index < -0.39 is 23.2 Å². The van der Waals surface area contributed by atoms with Crippen LogP contribution >= 0.6 is 0 Å². The van der Waals surface area contributed by atoms with Crippen LogP contribution in [-0.4, -0.2) is 77.9 Å². The molecule has 0 aliphatic rings. The monoisotopic (exact) mass is 1180 g/mol. The van der Waals surface area contributed by atoms with Crippen LogP contribution in [0.4, 0.5) is 0 Å². The zero-order chi connectivity index (χ0) is 66.3. The summed E-state index contributed by atoms with van der Waals surface area (Å²) in [6, 6.07) is 24.6. The van der Waals surface area contributed by atoms with E-state index in [-0.39, 0.29) is 78.8 Å². The van der Waals surface area contributed by atoms with Crippen molar-refractivity contribution in [2.24, 2.45) is 0 Å². The van der Waals surface area contributed by atoms with Gasteiger partial charge in [0.15, 0.2) is 17.2 Å². The fourth-order valence-corrected chi connectivity index (χ4v) is 8.35. The average molecular weight is 1180 g/mol. The molecule has 0 spiro atoms. The highest BCUT2D eigenvalue weighted by Crippen LogP contribution is 2.42. The number of hydrogen-bond donors (Lipinski definition) is 10. The van der Waals surface area contributed by atoms with E-state index in [9.17, 15) is 40.5 Å². The number of methoxy groups -OCH3 is 2. The summed E-state index contributed by atoms with van der Waals surface area (Å²) in [6.07, 6.45) is 0.682. The SMILES string of the molecule is CC(C)(C)c1cc(O)c(C(C)(C)C)cc1O.CC(C)(C)c1cc(O)ccc1O.CCCOC(=O)c1cc(O)c(O)c(O)c1.COc1ccc(O)c(C(C)(C)C)c1.COc1ccc(O)cc1C(C)(C)C.Cc1cc(C(C)(C)C)c(O)c(C(C)(C)C)c1. The van der Waals surface area contributed by atoms with Crippen molar-refractivity contribution in [3.05, 3.63) is 141 Å². The van der Waals surface area contributed by atoms with Gasteiger partial charge in [-0.25, -0.2) is 4.79 Å². The van der Waals surface area contributed by atoms with Gasteiger partial charge in [0.2, 0.25) is 0 Å². The van der Waals surface area contributed by atoms with E-state index in [1.807, 2.05) is 75.3 Å². The zero-order valence-corrected chi connectivity index (χ0v) is 55.7. The van der Waals surface area contributed by atoms with Gasteiger partial charge in [-0.05, 0) is 141 Å². The highest BCUT2D eigenvalue weighted by molar-refractivity contribution is 5.91. The molecular weight excluding hydrogens is 1080 g/mol. The Balaban J connectivity index is 0.000000512. The van der Waals surface area contributed by atoms with Gasteiger partial charge >= 0.3 is 5.97 Å². The molecule has 0 fully saturated rings. The van der Waals surface area contributed by atoms with Crippen molar-refractivity contribution in [1.82, 2.24) is 0 Å². The largest absolute Gasteiger partial charge is 0.508 e. The number of aryl methyl sites for hydroxylation is 1. The quantitative estimate of drug-likeness (QED) is 0.0438. The molecule has 0 heterocycles. The van der Waals surface area contributed by atoms with Crippen LogP contribution in [0.2, 0.25) is 0 Å². The number of rotatable bonds is 5. The summed E-state index contributed by atoms with van der Waals surface area (Å²) < 4.78 is 15.1. The number of phenols is 10. The predicted octanol–water partition coefficient (Wildman–Crippen LogP) is 17.2. The topological polar surface area (TPSA) is 247 Å². The standard InChI is InChI=1S/C15H24O.C14H22O2.2C11H16O2.C10H12O5.C10H14O2/c1-10-8-11(14(2,3)4)13(16)12(9-10)15(5,6)7;1-13(2,3)9-7-12(16)10(8-11(9)15)14(4,5)6;1-11(2,3)9-7-8(13-4)5-6-10(9)12;1-11(2,3)9-7-8(12)5-6-10(9)13-4;1-2-3-15-10(14)6-4-7(11)9(13)8(12)5-6;1-10(2,3)8-6-7(11)4-5-9(8)12/h8-9,16H,1-7H3;7-8,15-16H,1-6H3;2*5-7,12H,1-4H3;4-5,11-13H,2-3H2,1H3;4-6,11-12H,1-3H3. The molecular formula is C71H104O14. The van der Waals surface area contributed by atoms with Gasteiger partial charge in [-0.15, -0.1) is 0 Å². The van der Waals surface area contributed by atoms with E-state index in [0.29, 0.717) is 17.9 Å². The molecule has 0 saturated carbocycles. The number of esters is 1. The van der Waals surface area contributed by atoms with Crippen LogP contribution in [0, 0.1) is 6.92 Å². The molecule has 85 heavy (non-hydrogen) atoms. The number of carbonyl (C=O) groups excluding carboxylic acids is 1. The molecule has 0 radical (unpaired) electrons. The zero-order valence-electron chi connectivity index (χ0n) is 55.7. The van der Waals surface area contributed by atoms with Gasteiger partial charge in [-0.2, -0.15) is 0 Å². The van der Waals surface area contributed by atoms with Gasteiger partial charge in [0.05, 0.1) is 26.4 Å². The van der Waals surface area contributed by atoms with E-state index in [1.165, 1.54) is 17.7 Å². The van der Waals surface area contributed by atoms with Gasteiger partial charge in [0.25, 0.3) is 0 Å². The molecule has 472 valence electrons. The van der Waals surface area contributed by atoms with E-state index in [2.05, 4.69) is 102 Å². The van der Waals surface area contributed by atoms with Crippen molar-refractivity contribution >= 4 is 5.97 Å². The average Bonchev–Trinajstić information content (AvgIpc) is 2.10. The lowest BCUT2D eigenvalue weighted by molar-refractivity contribution is 0.0504. The lowest BCUT2D eigenvalue weighted by Gasteiger charge is -2.27. The van der Waals surface area contributed by atoms with E-state index in [1.54, 1.807) is 62.8 Å². The summed E-state index contributed by atoms with van der Waals surface area (Å²) in [7, 11) is 3.26. The van der Waals surface area contributed by atoms with Crippen molar-refractivity contribution in [1.29, 1.82) is 0 Å². The Morgan fingerprint density at radius 2 is 0.706 bits per heavy atom. The number of phenolic OH excluding ortho intramolecular Hbond substituents is 10. The van der Waals surface area contributed by atoms with Crippen LogP contribution in [0.25, 0.3) is 0 Å². The first-order valence-corrected chi connectivity index (χ1v) is 28.5. The Morgan fingerprint density at radius 3 is 1.05 bits per heavy atom. The van der Waals surface area contributed by atoms with Gasteiger partial charge < -0.3 is 65.3 Å². The summed E-state index contributed by atoms with van der Waals surface area (Å²) in [6.45, 7) is 47.5. The Kier molecular flexibility index (Phi) is 26.6. The van der Waals surface area contributed by atoms with Crippen molar-refractivity contribution < 1.29 is 70.1 Å². The van der Waals surface area contributed by atoms with Crippen molar-refractivity contribution in [2.75, 3.05) is 20.8 Å². The Hall–Kier alpha value is -7.61. The second-order valence-corrected chi connectivity index (χ2v) is 28.3. The number of ether oxygens (including phenoxy) is 3. The van der Waals surface area contributed by atoms with Gasteiger partial charge in [-0.3, -0.25) is 0 Å². The Bertz CT molecular complexity index is 3020. The number of carbonyl (C=O) groups is 1. The van der Waals surface area contributed by atoms with Crippen LogP contribution in [-0.2, 0) is 42.6 Å². The minimum atomic E-state index is -0.651. The van der Waals surface area contributed by atoms with Crippen LogP contribution in [0.15, 0.2) is 91.0 Å². The van der Waals surface area contributed by atoms with Gasteiger partial charge in [0.1, 0.15) is 51.7 Å². The number of aromatic hydroxyl groups is 10. The second kappa shape index (κ2) is 30.0. The first-order chi connectivity index (χ1) is 38.4. The Morgan fingerprint density at radius 1 is 0.365 bits per heavy atom. The van der Waals surface area contributed by atoms with Crippen molar-refractivity contribution in [2.45, 2.75) is 204 Å². The molecule has 0 aromatic heterocycles. The number of hydrogen-bond acceptors (Lipinski definition) is 14. The molecule has 6 rings (SSSR count). The minimum absolute atomic E-state index is 0.00347. The summed E-state index contributed by atoms with van der Waals surface area (Å²) >= 11 is 0. The van der Waals surface area contributed by atoms with Crippen molar-refractivity contribution in [3.63, 3.8) is 0 Å². The molecule has 14 nitrogen and oxygen atoms in total. The maximum absolute atomic E-state index is 11.3. The summed E-state index contributed by atoms with van der Waals surface area (Å²) in [5.41, 5.74) is 6.97. The highest BCUT2D eigenvalue weighted by atomic mass is 16.5. The smallest absolute Gasteiger partial charge is 0.338 e. The van der Waals surface area contributed by atoms with E-state index in [4.69, 9.17) is 29.5 Å². The molecule has 6 aromatic rings. The first-order valence-electron chi connectivity index (χ1n) is 28.5. The maximum Gasteiger partial charge on any atom is 0.338 e. The van der Waals surface area contributed by atoms with Gasteiger partial charge in [0, 0.05) is 27.8 Å². The Labute approximate surface area is 508 Å². The van der Waals surface area contributed by atoms with Crippen LogP contribution in [0.1, 0.15) is 214 Å². The molecule has 6 aromatic carbocycles. The third-order valence-electron chi connectivity index (χ3n) is 13.1. The third kappa shape index (κ3) is 23.8. The summed E-state index contributed by atoms with van der Waals surface area (Å²) in [5.74, 6) is 1.21. The summed E-state index contributed by atoms with van der Waals surface area (Å²) in [4.78, 5) is 11.3. The molecule has 0 unspecified atom stereocenters. The lowest BCUT2D eigenvalue weighted by atomic mass is 9.78. The molecule has 10 N–H and O–H groups in total. The third-order valence-corrected chi connectivity index (χ3v) is 13.1. The van der Waals surface area contributed by atoms with E-state index in [0.717, 1.165) is 62.6 Å². The summed E-state index contributed by atoms with van der Waals surface area (Å²) in [5, 5.41) is 95.3. The van der Waals surface area contributed by atoms with Crippen LogP contribution in [0.3, 0.4) is 0 Å². The van der Waals surface area contributed by atoms with Crippen LogP contribution < -0.4 is 9.47 Å². The van der Waals surface area contributed by atoms with Crippen molar-refractivity contribution in [3.8, 4) is 69.0 Å².